The van der Waals surface area contributed by atoms with E-state index in [0.29, 0.717) is 10.6 Å². The monoisotopic (exact) mass is 455 g/mol. The lowest BCUT2D eigenvalue weighted by atomic mass is 10.1. The van der Waals surface area contributed by atoms with E-state index in [1.807, 2.05) is 0 Å². The molecule has 3 aromatic carbocycles. The van der Waals surface area contributed by atoms with Crippen LogP contribution in [0.25, 0.3) is 0 Å². The predicted octanol–water partition coefficient (Wildman–Crippen LogP) is 4.51. The van der Waals surface area contributed by atoms with E-state index in [1.54, 1.807) is 43.3 Å². The van der Waals surface area contributed by atoms with Gasteiger partial charge in [0.05, 0.1) is 39.8 Å². The largest absolute Gasteiger partial charge is 0.462 e. The van der Waals surface area contributed by atoms with Crippen LogP contribution in [-0.4, -0.2) is 26.9 Å². The Kier molecular flexibility index (Phi) is 5.56. The van der Waals surface area contributed by atoms with Gasteiger partial charge in [0.2, 0.25) is 9.84 Å². The molecular formula is C23H18ClNO5S. The molecule has 4 rings (SSSR count). The van der Waals surface area contributed by atoms with Crippen LogP contribution in [0.4, 0.5) is 5.69 Å². The summed E-state index contributed by atoms with van der Waals surface area (Å²) < 4.78 is 31.9. The van der Waals surface area contributed by atoms with Crippen molar-refractivity contribution >= 4 is 39.0 Å². The van der Waals surface area contributed by atoms with Gasteiger partial charge >= 0.3 is 5.97 Å². The quantitative estimate of drug-likeness (QED) is 0.541. The first-order valence-electron chi connectivity index (χ1n) is 9.54. The van der Waals surface area contributed by atoms with Crippen LogP contribution < -0.4 is 4.90 Å². The average molecular weight is 456 g/mol. The summed E-state index contributed by atoms with van der Waals surface area (Å²) in [6.45, 7) is 1.92. The highest BCUT2D eigenvalue weighted by Crippen LogP contribution is 2.38. The fourth-order valence-corrected chi connectivity index (χ4v) is 5.37. The molecule has 31 heavy (non-hydrogen) atoms. The van der Waals surface area contributed by atoms with Crippen molar-refractivity contribution in [2.75, 3.05) is 11.5 Å². The third-order valence-electron chi connectivity index (χ3n) is 4.93. The normalized spacial score (nSPS) is 14.4. The Morgan fingerprint density at radius 2 is 1.77 bits per heavy atom. The minimum atomic E-state index is -4.00. The van der Waals surface area contributed by atoms with Gasteiger partial charge in [0.15, 0.2) is 0 Å². The lowest BCUT2D eigenvalue weighted by Gasteiger charge is -2.23. The number of esters is 1. The van der Waals surface area contributed by atoms with E-state index in [0.717, 1.165) is 0 Å². The number of hydrogen-bond acceptors (Lipinski definition) is 5. The first kappa shape index (κ1) is 21.1. The van der Waals surface area contributed by atoms with Gasteiger partial charge in [-0.15, -0.1) is 0 Å². The Hall–Kier alpha value is -3.16. The molecule has 0 bridgehead atoms. The van der Waals surface area contributed by atoms with Crippen molar-refractivity contribution in [3.8, 4) is 0 Å². The van der Waals surface area contributed by atoms with Crippen molar-refractivity contribution in [1.82, 2.24) is 0 Å². The molecule has 0 saturated carbocycles. The van der Waals surface area contributed by atoms with Crippen LogP contribution in [0.1, 0.15) is 33.2 Å². The first-order valence-corrected chi connectivity index (χ1v) is 11.4. The van der Waals surface area contributed by atoms with Crippen molar-refractivity contribution in [2.24, 2.45) is 0 Å². The van der Waals surface area contributed by atoms with Gasteiger partial charge in [-0.2, -0.15) is 0 Å². The number of fused-ring (bicyclic) bond motifs is 2. The van der Waals surface area contributed by atoms with Gasteiger partial charge in [-0.1, -0.05) is 35.9 Å². The lowest BCUT2D eigenvalue weighted by molar-refractivity contribution is 0.0526. The molecule has 158 valence electrons. The Morgan fingerprint density at radius 3 is 2.52 bits per heavy atom. The third kappa shape index (κ3) is 3.82. The van der Waals surface area contributed by atoms with Crippen molar-refractivity contribution in [1.29, 1.82) is 0 Å². The number of carbonyl (C=O) groups excluding carboxylic acids is 2. The standard InChI is InChI=1S/C23H18ClNO5S/c1-2-30-23(27)16-10-11-21-19(13-16)25(14-15-6-5-7-17(24)12-15)22(26)18-8-3-4-9-20(18)31(21,28)29/h3-13H,2,14H2,1H3. The Labute approximate surface area is 184 Å². The number of amides is 1. The second-order valence-electron chi connectivity index (χ2n) is 6.92. The van der Waals surface area contributed by atoms with Crippen LogP contribution in [-0.2, 0) is 21.1 Å². The summed E-state index contributed by atoms with van der Waals surface area (Å²) in [5.74, 6) is -1.08. The Morgan fingerprint density at radius 1 is 1.00 bits per heavy atom. The minimum Gasteiger partial charge on any atom is -0.462 e. The van der Waals surface area contributed by atoms with Gasteiger partial charge in [-0.05, 0) is 55.0 Å². The molecule has 0 fully saturated rings. The number of carbonyl (C=O) groups is 2. The molecule has 3 aromatic rings. The lowest BCUT2D eigenvalue weighted by Crippen LogP contribution is -2.30. The molecule has 8 heteroatoms. The second kappa shape index (κ2) is 8.17. The van der Waals surface area contributed by atoms with Gasteiger partial charge in [0.25, 0.3) is 5.91 Å². The fraction of sp³-hybridized carbons (Fsp3) is 0.130. The van der Waals surface area contributed by atoms with E-state index in [4.69, 9.17) is 16.3 Å². The summed E-state index contributed by atoms with van der Waals surface area (Å²) in [7, 11) is -4.00. The van der Waals surface area contributed by atoms with E-state index >= 15 is 0 Å². The van der Waals surface area contributed by atoms with E-state index in [2.05, 4.69) is 0 Å². The van der Waals surface area contributed by atoms with Crippen molar-refractivity contribution < 1.29 is 22.7 Å². The van der Waals surface area contributed by atoms with Gasteiger partial charge in [-0.25, -0.2) is 13.2 Å². The number of benzene rings is 3. The summed E-state index contributed by atoms with van der Waals surface area (Å²) in [5.41, 5.74) is 1.06. The maximum absolute atomic E-state index is 13.5. The molecule has 0 aromatic heterocycles. The molecule has 0 aliphatic carbocycles. The zero-order valence-corrected chi connectivity index (χ0v) is 18.1. The van der Waals surface area contributed by atoms with E-state index < -0.39 is 21.7 Å². The molecule has 0 unspecified atom stereocenters. The molecule has 0 spiro atoms. The van der Waals surface area contributed by atoms with Gasteiger partial charge < -0.3 is 9.64 Å². The highest BCUT2D eigenvalue weighted by atomic mass is 35.5. The zero-order chi connectivity index (χ0) is 22.2. The second-order valence-corrected chi connectivity index (χ2v) is 9.25. The molecule has 6 nitrogen and oxygen atoms in total. The third-order valence-corrected chi connectivity index (χ3v) is 7.03. The molecule has 0 N–H and O–H groups in total. The fourth-order valence-electron chi connectivity index (χ4n) is 3.52. The topological polar surface area (TPSA) is 80.8 Å². The summed E-state index contributed by atoms with van der Waals surface area (Å²) >= 11 is 6.10. The molecule has 0 atom stereocenters. The summed E-state index contributed by atoms with van der Waals surface area (Å²) in [6.07, 6.45) is 0. The van der Waals surface area contributed by atoms with E-state index in [-0.39, 0.29) is 39.8 Å². The van der Waals surface area contributed by atoms with Crippen molar-refractivity contribution in [2.45, 2.75) is 23.3 Å². The highest BCUT2D eigenvalue weighted by Gasteiger charge is 2.36. The molecule has 0 radical (unpaired) electrons. The molecule has 0 saturated heterocycles. The Balaban J connectivity index is 1.96. The number of sulfone groups is 1. The summed E-state index contributed by atoms with van der Waals surface area (Å²) in [4.78, 5) is 27.0. The number of nitrogens with zero attached hydrogens (tertiary/aromatic N) is 1. The smallest absolute Gasteiger partial charge is 0.338 e. The van der Waals surface area contributed by atoms with Crippen LogP contribution in [0.2, 0.25) is 5.02 Å². The van der Waals surface area contributed by atoms with Gasteiger partial charge in [0, 0.05) is 5.02 Å². The highest BCUT2D eigenvalue weighted by molar-refractivity contribution is 7.91. The summed E-state index contributed by atoms with van der Waals surface area (Å²) in [5, 5.41) is 0.494. The predicted molar refractivity (Wildman–Crippen MR) is 116 cm³/mol. The van der Waals surface area contributed by atoms with Crippen LogP contribution in [0.3, 0.4) is 0 Å². The number of halogens is 1. The Bertz CT molecular complexity index is 1300. The van der Waals surface area contributed by atoms with Crippen LogP contribution in [0, 0.1) is 0 Å². The first-order chi connectivity index (χ1) is 14.8. The van der Waals surface area contributed by atoms with Crippen LogP contribution in [0.15, 0.2) is 76.5 Å². The van der Waals surface area contributed by atoms with E-state index in [1.165, 1.54) is 35.2 Å². The number of hydrogen-bond donors (Lipinski definition) is 0. The van der Waals surface area contributed by atoms with Crippen LogP contribution >= 0.6 is 11.6 Å². The molecular weight excluding hydrogens is 438 g/mol. The van der Waals surface area contributed by atoms with Crippen LogP contribution in [0.5, 0.6) is 0 Å². The van der Waals surface area contributed by atoms with Gasteiger partial charge in [-0.3, -0.25) is 4.79 Å². The van der Waals surface area contributed by atoms with Crippen molar-refractivity contribution in [3.05, 3.63) is 88.4 Å². The minimum absolute atomic E-state index is 0.0547. The van der Waals surface area contributed by atoms with E-state index in [9.17, 15) is 18.0 Å². The average Bonchev–Trinajstić information content (AvgIpc) is 2.82. The van der Waals surface area contributed by atoms with Crippen molar-refractivity contribution in [3.63, 3.8) is 0 Å². The number of rotatable bonds is 4. The molecule has 1 heterocycles. The maximum atomic E-state index is 13.5. The summed E-state index contributed by atoms with van der Waals surface area (Å²) in [6, 6.07) is 17.2. The SMILES string of the molecule is CCOC(=O)c1ccc2c(c1)N(Cc1cccc(Cl)c1)C(=O)c1ccccc1S2(=O)=O. The molecule has 1 aliphatic heterocycles. The van der Waals surface area contributed by atoms with Gasteiger partial charge in [0.1, 0.15) is 0 Å². The molecule has 1 aliphatic rings. The number of anilines is 1. The number of ether oxygens (including phenoxy) is 1. The molecule has 1 amide bonds. The zero-order valence-electron chi connectivity index (χ0n) is 16.5. The maximum Gasteiger partial charge on any atom is 0.338 e.